The van der Waals surface area contributed by atoms with E-state index in [1.807, 2.05) is 67.6 Å². The van der Waals surface area contributed by atoms with Gasteiger partial charge < -0.3 is 9.40 Å². The van der Waals surface area contributed by atoms with E-state index in [0.717, 1.165) is 38.7 Å². The number of pyridine rings is 4. The van der Waals surface area contributed by atoms with E-state index in [1.165, 1.54) is 0 Å². The lowest BCUT2D eigenvalue weighted by atomic mass is 9.98. The number of benzene rings is 1. The van der Waals surface area contributed by atoms with Crippen LogP contribution in [0.1, 0.15) is 5.76 Å². The van der Waals surface area contributed by atoms with E-state index in [4.69, 9.17) is 9.40 Å². The summed E-state index contributed by atoms with van der Waals surface area (Å²) in [5.41, 5.74) is 5.08. The zero-order chi connectivity index (χ0) is 22.4. The summed E-state index contributed by atoms with van der Waals surface area (Å²) < 4.78 is 5.92. The van der Waals surface area contributed by atoms with Crippen LogP contribution in [0.4, 0.5) is 0 Å². The van der Waals surface area contributed by atoms with Crippen molar-refractivity contribution in [2.24, 2.45) is 0 Å². The summed E-state index contributed by atoms with van der Waals surface area (Å²) in [5, 5.41) is 1.86. The molecule has 6 heteroatoms. The zero-order valence-electron chi connectivity index (χ0n) is 17.7. The van der Waals surface area contributed by atoms with Gasteiger partial charge in [0.2, 0.25) is 0 Å². The number of hydrogen-bond donors (Lipinski definition) is 1. The molecule has 0 radical (unpaired) electrons. The smallest absolute Gasteiger partial charge is 0.257 e. The molecule has 5 heterocycles. The van der Waals surface area contributed by atoms with Crippen molar-refractivity contribution < 1.29 is 4.42 Å². The highest BCUT2D eigenvalue weighted by molar-refractivity contribution is 5.93. The molecule has 0 saturated carbocycles. The molecular weight excluding hydrogens is 412 g/mol. The number of aromatic amines is 1. The Morgan fingerprint density at radius 2 is 1.73 bits per heavy atom. The van der Waals surface area contributed by atoms with Crippen LogP contribution in [-0.2, 0) is 0 Å². The van der Waals surface area contributed by atoms with Crippen LogP contribution in [0.15, 0.2) is 94.5 Å². The highest BCUT2D eigenvalue weighted by atomic mass is 16.3. The molecule has 33 heavy (non-hydrogen) atoms. The maximum atomic E-state index is 12.8. The number of furan rings is 1. The SMILES string of the molecule is Cc1ccc(-c2nc3[nH]c(=O)c(-c4cccnc4)cc3cc2-c2ccc3ncccc3c2)o1. The van der Waals surface area contributed by atoms with Gasteiger partial charge in [0.15, 0.2) is 5.76 Å². The van der Waals surface area contributed by atoms with E-state index >= 15 is 0 Å². The van der Waals surface area contributed by atoms with E-state index < -0.39 is 0 Å². The van der Waals surface area contributed by atoms with Crippen molar-refractivity contribution in [2.75, 3.05) is 0 Å². The number of nitrogens with zero attached hydrogens (tertiary/aromatic N) is 3. The van der Waals surface area contributed by atoms with E-state index in [0.29, 0.717) is 22.7 Å². The number of aryl methyl sites for hydroxylation is 1. The first-order valence-corrected chi connectivity index (χ1v) is 10.6. The van der Waals surface area contributed by atoms with Crippen LogP contribution in [0.3, 0.4) is 0 Å². The van der Waals surface area contributed by atoms with Crippen molar-refractivity contribution in [1.29, 1.82) is 0 Å². The number of hydrogen-bond acceptors (Lipinski definition) is 5. The molecule has 1 aromatic carbocycles. The molecule has 158 valence electrons. The van der Waals surface area contributed by atoms with Crippen molar-refractivity contribution >= 4 is 21.9 Å². The van der Waals surface area contributed by atoms with Crippen molar-refractivity contribution in [1.82, 2.24) is 19.9 Å². The molecule has 6 aromatic rings. The summed E-state index contributed by atoms with van der Waals surface area (Å²) >= 11 is 0. The van der Waals surface area contributed by atoms with Gasteiger partial charge in [-0.15, -0.1) is 0 Å². The maximum Gasteiger partial charge on any atom is 0.257 e. The third kappa shape index (κ3) is 3.38. The molecule has 0 bridgehead atoms. The zero-order valence-corrected chi connectivity index (χ0v) is 17.7. The van der Waals surface area contributed by atoms with Crippen LogP contribution in [0, 0.1) is 6.92 Å². The molecule has 0 fully saturated rings. The van der Waals surface area contributed by atoms with Crippen molar-refractivity contribution in [3.05, 3.63) is 101 Å². The predicted molar refractivity (Wildman–Crippen MR) is 129 cm³/mol. The number of H-pyrrole nitrogens is 1. The Hall–Kier alpha value is -4.58. The second-order valence-electron chi connectivity index (χ2n) is 7.90. The molecule has 0 aliphatic rings. The number of rotatable bonds is 3. The number of fused-ring (bicyclic) bond motifs is 2. The molecule has 0 unspecified atom stereocenters. The van der Waals surface area contributed by atoms with Gasteiger partial charge in [0.05, 0.1) is 5.52 Å². The number of aromatic nitrogens is 4. The first kappa shape index (κ1) is 19.1. The lowest BCUT2D eigenvalue weighted by Crippen LogP contribution is -2.10. The van der Waals surface area contributed by atoms with E-state index in [2.05, 4.69) is 21.0 Å². The van der Waals surface area contributed by atoms with Gasteiger partial charge in [0, 0.05) is 46.1 Å². The minimum absolute atomic E-state index is 0.214. The fourth-order valence-electron chi connectivity index (χ4n) is 4.08. The lowest BCUT2D eigenvalue weighted by molar-refractivity contribution is 0.547. The Bertz CT molecular complexity index is 1700. The Labute approximate surface area is 188 Å². The molecule has 0 saturated heterocycles. The maximum absolute atomic E-state index is 12.8. The first-order chi connectivity index (χ1) is 16.2. The number of nitrogens with one attached hydrogen (secondary N) is 1. The van der Waals surface area contributed by atoms with E-state index in [1.54, 1.807) is 18.6 Å². The minimum Gasteiger partial charge on any atom is -0.460 e. The van der Waals surface area contributed by atoms with Gasteiger partial charge in [-0.1, -0.05) is 18.2 Å². The van der Waals surface area contributed by atoms with Crippen molar-refractivity contribution in [3.8, 4) is 33.7 Å². The van der Waals surface area contributed by atoms with Gasteiger partial charge in [0.25, 0.3) is 5.56 Å². The third-order valence-electron chi connectivity index (χ3n) is 5.69. The van der Waals surface area contributed by atoms with Gasteiger partial charge in [-0.3, -0.25) is 14.8 Å². The van der Waals surface area contributed by atoms with Crippen LogP contribution < -0.4 is 5.56 Å². The Balaban J connectivity index is 1.63. The van der Waals surface area contributed by atoms with Gasteiger partial charge >= 0.3 is 0 Å². The largest absolute Gasteiger partial charge is 0.460 e. The van der Waals surface area contributed by atoms with E-state index in [9.17, 15) is 4.79 Å². The average molecular weight is 430 g/mol. The predicted octanol–water partition coefficient (Wildman–Crippen LogP) is 5.77. The highest BCUT2D eigenvalue weighted by Crippen LogP contribution is 2.35. The monoisotopic (exact) mass is 430 g/mol. The first-order valence-electron chi connectivity index (χ1n) is 10.6. The van der Waals surface area contributed by atoms with Crippen LogP contribution in [-0.4, -0.2) is 19.9 Å². The summed E-state index contributed by atoms with van der Waals surface area (Å²) in [4.78, 5) is 29.2. The van der Waals surface area contributed by atoms with Gasteiger partial charge in [0.1, 0.15) is 17.1 Å². The van der Waals surface area contributed by atoms with Crippen molar-refractivity contribution in [3.63, 3.8) is 0 Å². The molecule has 6 nitrogen and oxygen atoms in total. The molecule has 6 rings (SSSR count). The van der Waals surface area contributed by atoms with Crippen LogP contribution in [0.2, 0.25) is 0 Å². The third-order valence-corrected chi connectivity index (χ3v) is 5.69. The molecule has 5 aromatic heterocycles. The van der Waals surface area contributed by atoms with Gasteiger partial charge in [-0.25, -0.2) is 4.98 Å². The Morgan fingerprint density at radius 1 is 0.848 bits per heavy atom. The second-order valence-corrected chi connectivity index (χ2v) is 7.90. The molecule has 0 spiro atoms. The van der Waals surface area contributed by atoms with Crippen LogP contribution in [0.25, 0.3) is 55.6 Å². The average Bonchev–Trinajstić information content (AvgIpc) is 3.29. The minimum atomic E-state index is -0.214. The summed E-state index contributed by atoms with van der Waals surface area (Å²) in [6, 6.07) is 21.5. The standard InChI is InChI=1S/C27H18N4O2/c1-16-6-9-24(33-16)25-21(17-7-8-23-18(12-17)4-3-11-29-23)13-20-14-22(19-5-2-10-28-15-19)27(32)31-26(20)30-25/h2-15H,1H3,(H,30,31,32). The van der Waals surface area contributed by atoms with Crippen LogP contribution in [0.5, 0.6) is 0 Å². The topological polar surface area (TPSA) is 84.7 Å². The Kier molecular flexibility index (Phi) is 4.36. The highest BCUT2D eigenvalue weighted by Gasteiger charge is 2.16. The lowest BCUT2D eigenvalue weighted by Gasteiger charge is -2.11. The fourth-order valence-corrected chi connectivity index (χ4v) is 4.08. The molecule has 0 atom stereocenters. The fraction of sp³-hybridized carbons (Fsp3) is 0.0370. The van der Waals surface area contributed by atoms with Gasteiger partial charge in [-0.05, 0) is 61.0 Å². The van der Waals surface area contributed by atoms with E-state index in [-0.39, 0.29) is 5.56 Å². The van der Waals surface area contributed by atoms with Crippen molar-refractivity contribution in [2.45, 2.75) is 6.92 Å². The normalized spacial score (nSPS) is 11.3. The molecule has 1 N–H and O–H groups in total. The quantitative estimate of drug-likeness (QED) is 0.385. The molecule has 0 aliphatic heterocycles. The second kappa shape index (κ2) is 7.53. The summed E-state index contributed by atoms with van der Waals surface area (Å²) in [5.74, 6) is 1.44. The molecule has 0 aliphatic carbocycles. The van der Waals surface area contributed by atoms with Crippen LogP contribution >= 0.6 is 0 Å². The van der Waals surface area contributed by atoms with Gasteiger partial charge in [-0.2, -0.15) is 0 Å². The summed E-state index contributed by atoms with van der Waals surface area (Å²) in [7, 11) is 0. The Morgan fingerprint density at radius 3 is 2.55 bits per heavy atom. The summed E-state index contributed by atoms with van der Waals surface area (Å²) in [6.45, 7) is 1.90. The summed E-state index contributed by atoms with van der Waals surface area (Å²) in [6.07, 6.45) is 5.15. The molecular formula is C27H18N4O2. The molecule has 0 amide bonds.